The van der Waals surface area contributed by atoms with Gasteiger partial charge in [-0.3, -0.25) is 20.1 Å². The third-order valence-electron chi connectivity index (χ3n) is 5.69. The van der Waals surface area contributed by atoms with Crippen molar-refractivity contribution >= 4 is 23.4 Å². The molecule has 2 aliphatic heterocycles. The Balaban J connectivity index is 1.40. The number of nitrogens with zero attached hydrogens (tertiary/aromatic N) is 4. The Morgan fingerprint density at radius 2 is 1.89 bits per heavy atom. The van der Waals surface area contributed by atoms with Crippen molar-refractivity contribution in [2.75, 3.05) is 49.1 Å². The largest absolute Gasteiger partial charge is 0.442 e. The maximum absolute atomic E-state index is 15.1. The van der Waals surface area contributed by atoms with Crippen LogP contribution in [-0.2, 0) is 16.1 Å². The van der Waals surface area contributed by atoms with E-state index in [-0.39, 0.29) is 24.5 Å². The molecule has 1 aromatic carbocycles. The van der Waals surface area contributed by atoms with Crippen molar-refractivity contribution in [2.45, 2.75) is 19.1 Å². The summed E-state index contributed by atoms with van der Waals surface area (Å²) in [6.07, 6.45) is -1.62. The van der Waals surface area contributed by atoms with Gasteiger partial charge in [-0.25, -0.2) is 18.6 Å². The molecule has 4 rings (SSSR count). The molecule has 0 aliphatic carbocycles. The number of aromatic nitrogens is 1. The molecule has 35 heavy (non-hydrogen) atoms. The molecule has 9 nitrogen and oxygen atoms in total. The van der Waals surface area contributed by atoms with Gasteiger partial charge in [0.15, 0.2) is 11.6 Å². The molecule has 0 spiro atoms. The number of nitrogens with one attached hydrogen (secondary N) is 2. The van der Waals surface area contributed by atoms with Crippen LogP contribution in [0.5, 0.6) is 0 Å². The minimum absolute atomic E-state index is 0.0660. The molecule has 3 heterocycles. The highest BCUT2D eigenvalue weighted by atomic mass is 19.3. The number of rotatable bonds is 7. The lowest BCUT2D eigenvalue weighted by atomic mass is 10.2. The highest BCUT2D eigenvalue weighted by Crippen LogP contribution is 2.31. The average Bonchev–Trinajstić information content (AvgIpc) is 3.05. The first-order chi connectivity index (χ1) is 16.8. The summed E-state index contributed by atoms with van der Waals surface area (Å²) in [6, 6.07) is 5.85. The highest BCUT2D eigenvalue weighted by molar-refractivity contribution is 5.90. The summed E-state index contributed by atoms with van der Waals surface area (Å²) in [5, 5.41) is 3.92. The van der Waals surface area contributed by atoms with Gasteiger partial charge < -0.3 is 15.0 Å². The predicted octanol–water partition coefficient (Wildman–Crippen LogP) is 1.89. The van der Waals surface area contributed by atoms with Crippen LogP contribution in [0.15, 0.2) is 36.7 Å². The molecule has 2 fully saturated rings. The molecule has 0 bridgehead atoms. The molecule has 2 saturated heterocycles. The maximum Gasteiger partial charge on any atom is 0.414 e. The van der Waals surface area contributed by atoms with Crippen molar-refractivity contribution in [3.8, 4) is 0 Å². The molecule has 13 heteroatoms. The molecule has 1 atom stereocenters. The van der Waals surface area contributed by atoms with Crippen LogP contribution in [0.25, 0.3) is 0 Å². The number of hydrogen-bond donors (Lipinski definition) is 2. The van der Waals surface area contributed by atoms with Crippen LogP contribution in [0.3, 0.4) is 0 Å². The van der Waals surface area contributed by atoms with E-state index in [0.717, 1.165) is 22.6 Å². The summed E-state index contributed by atoms with van der Waals surface area (Å²) in [7, 11) is 0. The average molecular weight is 496 g/mol. The first kappa shape index (κ1) is 24.7. The SMILES string of the molecule is O=C(NC[C@H]1CN(c2cc(F)c(N3CCNN(Cc4ccncc4)CC3)c(F)c2)C(=O)O1)C(F)F. The number of amides is 2. The van der Waals surface area contributed by atoms with E-state index in [0.29, 0.717) is 32.7 Å². The van der Waals surface area contributed by atoms with Gasteiger partial charge in [0, 0.05) is 57.3 Å². The molecule has 1 aromatic heterocycles. The Labute approximate surface area is 198 Å². The van der Waals surface area contributed by atoms with E-state index in [1.165, 1.54) is 0 Å². The summed E-state index contributed by atoms with van der Waals surface area (Å²) in [6.45, 7) is 1.81. The minimum atomic E-state index is -3.20. The number of hydrazine groups is 1. The quantitative estimate of drug-likeness (QED) is 0.566. The molecule has 2 aromatic rings. The molecule has 2 amide bonds. The summed E-state index contributed by atoms with van der Waals surface area (Å²) in [5.74, 6) is -3.18. The van der Waals surface area contributed by atoms with Crippen molar-refractivity contribution in [3.05, 3.63) is 53.9 Å². The number of pyridine rings is 1. The van der Waals surface area contributed by atoms with Gasteiger partial charge >= 0.3 is 12.5 Å². The fourth-order valence-electron chi connectivity index (χ4n) is 3.98. The van der Waals surface area contributed by atoms with E-state index in [1.807, 2.05) is 22.5 Å². The number of cyclic esters (lactones) is 1. The van der Waals surface area contributed by atoms with Gasteiger partial charge in [0.05, 0.1) is 18.8 Å². The lowest BCUT2D eigenvalue weighted by Crippen LogP contribution is -2.38. The fraction of sp³-hybridized carbons (Fsp3) is 0.409. The van der Waals surface area contributed by atoms with Gasteiger partial charge in [0.25, 0.3) is 5.91 Å². The Morgan fingerprint density at radius 3 is 2.57 bits per heavy atom. The summed E-state index contributed by atoms with van der Waals surface area (Å²) in [5.41, 5.74) is 4.03. The van der Waals surface area contributed by atoms with Crippen LogP contribution in [0, 0.1) is 11.6 Å². The molecule has 0 saturated carbocycles. The topological polar surface area (TPSA) is 90.0 Å². The van der Waals surface area contributed by atoms with E-state index in [9.17, 15) is 18.4 Å². The zero-order valence-electron chi connectivity index (χ0n) is 18.6. The lowest BCUT2D eigenvalue weighted by Gasteiger charge is -2.25. The van der Waals surface area contributed by atoms with Crippen molar-refractivity contribution in [2.24, 2.45) is 0 Å². The third kappa shape index (κ3) is 5.98. The van der Waals surface area contributed by atoms with E-state index in [1.54, 1.807) is 17.3 Å². The van der Waals surface area contributed by atoms with E-state index < -0.39 is 36.2 Å². The number of carbonyl (C=O) groups is 2. The Hall–Kier alpha value is -3.45. The zero-order chi connectivity index (χ0) is 24.9. The fourth-order valence-corrected chi connectivity index (χ4v) is 3.98. The Morgan fingerprint density at radius 1 is 1.17 bits per heavy atom. The third-order valence-corrected chi connectivity index (χ3v) is 5.69. The Kier molecular flexibility index (Phi) is 7.66. The van der Waals surface area contributed by atoms with Crippen LogP contribution < -0.4 is 20.5 Å². The number of halogens is 4. The molecule has 0 radical (unpaired) electrons. The van der Waals surface area contributed by atoms with Crippen LogP contribution in [0.2, 0.25) is 0 Å². The molecule has 2 N–H and O–H groups in total. The second-order valence-electron chi connectivity index (χ2n) is 8.09. The van der Waals surface area contributed by atoms with Crippen molar-refractivity contribution in [3.63, 3.8) is 0 Å². The van der Waals surface area contributed by atoms with Crippen LogP contribution in [-0.4, -0.2) is 73.8 Å². The number of benzene rings is 1. The zero-order valence-corrected chi connectivity index (χ0v) is 18.6. The van der Waals surface area contributed by atoms with Gasteiger partial charge in [-0.2, -0.15) is 8.78 Å². The number of ether oxygens (including phenoxy) is 1. The van der Waals surface area contributed by atoms with Crippen molar-refractivity contribution in [1.29, 1.82) is 0 Å². The molecule has 0 unspecified atom stereocenters. The first-order valence-electron chi connectivity index (χ1n) is 11.0. The number of hydrogen-bond acceptors (Lipinski definition) is 7. The number of anilines is 2. The maximum atomic E-state index is 15.1. The Bertz CT molecular complexity index is 1040. The van der Waals surface area contributed by atoms with E-state index in [4.69, 9.17) is 4.74 Å². The van der Waals surface area contributed by atoms with Crippen LogP contribution in [0.4, 0.5) is 33.7 Å². The first-order valence-corrected chi connectivity index (χ1v) is 11.0. The van der Waals surface area contributed by atoms with E-state index >= 15 is 8.78 Å². The monoisotopic (exact) mass is 496 g/mol. The van der Waals surface area contributed by atoms with E-state index in [2.05, 4.69) is 10.4 Å². The second kappa shape index (κ2) is 10.9. The summed E-state index contributed by atoms with van der Waals surface area (Å²) >= 11 is 0. The van der Waals surface area contributed by atoms with Crippen molar-refractivity contribution in [1.82, 2.24) is 20.7 Å². The van der Waals surface area contributed by atoms with Crippen molar-refractivity contribution < 1.29 is 31.9 Å². The predicted molar refractivity (Wildman–Crippen MR) is 118 cm³/mol. The van der Waals surface area contributed by atoms with Crippen LogP contribution >= 0.6 is 0 Å². The second-order valence-corrected chi connectivity index (χ2v) is 8.09. The molecular weight excluding hydrogens is 472 g/mol. The normalized spacial score (nSPS) is 19.1. The summed E-state index contributed by atoms with van der Waals surface area (Å²) in [4.78, 5) is 29.8. The highest BCUT2D eigenvalue weighted by Gasteiger charge is 2.34. The smallest absolute Gasteiger partial charge is 0.414 e. The minimum Gasteiger partial charge on any atom is -0.442 e. The molecule has 2 aliphatic rings. The summed E-state index contributed by atoms with van der Waals surface area (Å²) < 4.78 is 59.8. The molecular formula is C22H24F4N6O3. The lowest BCUT2D eigenvalue weighted by molar-refractivity contribution is -0.132. The number of alkyl halides is 2. The van der Waals surface area contributed by atoms with Gasteiger partial charge in [-0.1, -0.05) is 0 Å². The van der Waals surface area contributed by atoms with Gasteiger partial charge in [0.1, 0.15) is 11.8 Å². The number of carbonyl (C=O) groups excluding carboxylic acids is 2. The standard InChI is InChI=1S/C22H24F4N6O3/c23-17-9-15(32-13-16(35-22(32)34)11-28-21(33)20(25)26)10-18(24)19(17)30-6-5-29-31(8-7-30)12-14-1-3-27-4-2-14/h1-4,9-10,16,20,29H,5-8,11-13H2,(H,28,33)/t16-/m0/s1. The van der Waals surface area contributed by atoms with Gasteiger partial charge in [-0.15, -0.1) is 0 Å². The molecule has 188 valence electrons. The van der Waals surface area contributed by atoms with Gasteiger partial charge in [-0.05, 0) is 17.7 Å². The van der Waals surface area contributed by atoms with Crippen LogP contribution in [0.1, 0.15) is 5.56 Å². The van der Waals surface area contributed by atoms with Gasteiger partial charge in [0.2, 0.25) is 0 Å².